The van der Waals surface area contributed by atoms with Crippen molar-refractivity contribution >= 4 is 11.9 Å². The molecule has 0 aromatic heterocycles. The average Bonchev–Trinajstić information content (AvgIpc) is 3.03. The lowest BCUT2D eigenvalue weighted by Gasteiger charge is -2.21. The van der Waals surface area contributed by atoms with E-state index in [-0.39, 0.29) is 5.91 Å². The van der Waals surface area contributed by atoms with Gasteiger partial charge in [-0.05, 0) is 18.4 Å². The summed E-state index contributed by atoms with van der Waals surface area (Å²) in [5.41, 5.74) is 0.800. The molecule has 112 valence electrons. The molecule has 0 saturated carbocycles. The standard InChI is InChI=1S/C16H22N4O/c1-2-9-17-15-18-14(21)16(19-15)8-10-20(12-16)11-13-6-4-3-5-7-13/h3-7H,2,8-12H2,1H3,(H2,17,18,19,21). The number of likely N-dealkylation sites (tertiary alicyclic amines) is 1. The summed E-state index contributed by atoms with van der Waals surface area (Å²) >= 11 is 0. The van der Waals surface area contributed by atoms with Crippen LogP contribution in [0.1, 0.15) is 25.3 Å². The number of hydrogen-bond donors (Lipinski definition) is 2. The van der Waals surface area contributed by atoms with Crippen LogP contribution in [-0.4, -0.2) is 41.9 Å². The van der Waals surface area contributed by atoms with Crippen LogP contribution in [0.15, 0.2) is 35.3 Å². The smallest absolute Gasteiger partial charge is 0.253 e. The Morgan fingerprint density at radius 2 is 2.14 bits per heavy atom. The molecule has 2 aliphatic rings. The Morgan fingerprint density at radius 3 is 2.90 bits per heavy atom. The zero-order valence-electron chi connectivity index (χ0n) is 12.4. The quantitative estimate of drug-likeness (QED) is 0.872. The molecule has 1 atom stereocenters. The number of benzene rings is 1. The van der Waals surface area contributed by atoms with Gasteiger partial charge in [0, 0.05) is 26.2 Å². The first kappa shape index (κ1) is 14.1. The predicted molar refractivity (Wildman–Crippen MR) is 82.9 cm³/mol. The van der Waals surface area contributed by atoms with E-state index in [2.05, 4.69) is 51.7 Å². The number of carbonyl (C=O) groups excluding carboxylic acids is 1. The van der Waals surface area contributed by atoms with Gasteiger partial charge in [-0.15, -0.1) is 0 Å². The van der Waals surface area contributed by atoms with Crippen LogP contribution in [0.4, 0.5) is 0 Å². The monoisotopic (exact) mass is 286 g/mol. The van der Waals surface area contributed by atoms with Crippen molar-refractivity contribution in [1.82, 2.24) is 15.5 Å². The summed E-state index contributed by atoms with van der Waals surface area (Å²) in [6.45, 7) is 5.37. The van der Waals surface area contributed by atoms with Gasteiger partial charge >= 0.3 is 0 Å². The maximum Gasteiger partial charge on any atom is 0.253 e. The van der Waals surface area contributed by atoms with E-state index in [4.69, 9.17) is 0 Å². The fourth-order valence-electron chi connectivity index (χ4n) is 3.00. The van der Waals surface area contributed by atoms with Gasteiger partial charge in [0.05, 0.1) is 0 Å². The van der Waals surface area contributed by atoms with Crippen molar-refractivity contribution in [3.05, 3.63) is 35.9 Å². The Morgan fingerprint density at radius 1 is 1.33 bits per heavy atom. The number of carbonyl (C=O) groups is 1. The Balaban J connectivity index is 1.65. The molecular weight excluding hydrogens is 264 g/mol. The topological polar surface area (TPSA) is 56.7 Å². The minimum absolute atomic E-state index is 0.0629. The highest BCUT2D eigenvalue weighted by atomic mass is 16.2. The summed E-state index contributed by atoms with van der Waals surface area (Å²) in [6.07, 6.45) is 1.81. The molecule has 0 bridgehead atoms. The Hall–Kier alpha value is -1.88. The highest BCUT2D eigenvalue weighted by Gasteiger charge is 2.49. The summed E-state index contributed by atoms with van der Waals surface area (Å²) in [5.74, 6) is 0.705. The molecule has 1 spiro atoms. The molecule has 2 aliphatic heterocycles. The van der Waals surface area contributed by atoms with Gasteiger partial charge in [0.2, 0.25) is 0 Å². The van der Waals surface area contributed by atoms with Gasteiger partial charge in [0.15, 0.2) is 5.96 Å². The van der Waals surface area contributed by atoms with Crippen LogP contribution in [0.3, 0.4) is 0 Å². The van der Waals surface area contributed by atoms with Crippen molar-refractivity contribution in [1.29, 1.82) is 0 Å². The molecular formula is C16H22N4O. The zero-order valence-corrected chi connectivity index (χ0v) is 12.4. The third kappa shape index (κ3) is 2.93. The Bertz CT molecular complexity index is 542. The number of guanidine groups is 1. The molecule has 1 amide bonds. The highest BCUT2D eigenvalue weighted by Crippen LogP contribution is 2.25. The Kier molecular flexibility index (Phi) is 3.92. The van der Waals surface area contributed by atoms with E-state index < -0.39 is 5.54 Å². The molecule has 3 rings (SSSR count). The van der Waals surface area contributed by atoms with Gasteiger partial charge in [0.25, 0.3) is 5.91 Å². The first-order valence-corrected chi connectivity index (χ1v) is 7.62. The zero-order chi connectivity index (χ0) is 14.7. The third-order valence-corrected chi connectivity index (χ3v) is 4.12. The van der Waals surface area contributed by atoms with Crippen molar-refractivity contribution in [2.24, 2.45) is 4.99 Å². The summed E-state index contributed by atoms with van der Waals surface area (Å²) in [6, 6.07) is 10.4. The second-order valence-corrected chi connectivity index (χ2v) is 5.84. The van der Waals surface area contributed by atoms with E-state index in [9.17, 15) is 4.79 Å². The lowest BCUT2D eigenvalue weighted by atomic mass is 9.99. The maximum absolute atomic E-state index is 12.3. The lowest BCUT2D eigenvalue weighted by molar-refractivity contribution is -0.123. The predicted octanol–water partition coefficient (Wildman–Crippen LogP) is 1.12. The minimum Gasteiger partial charge on any atom is -0.341 e. The summed E-state index contributed by atoms with van der Waals surface area (Å²) in [7, 11) is 0. The van der Waals surface area contributed by atoms with Gasteiger partial charge in [-0.25, -0.2) is 0 Å². The van der Waals surface area contributed by atoms with Gasteiger partial charge in [-0.1, -0.05) is 37.3 Å². The second kappa shape index (κ2) is 5.85. The lowest BCUT2D eigenvalue weighted by Crippen LogP contribution is -2.49. The van der Waals surface area contributed by atoms with Crippen LogP contribution in [-0.2, 0) is 11.3 Å². The largest absolute Gasteiger partial charge is 0.341 e. The number of amides is 1. The van der Waals surface area contributed by atoms with Gasteiger partial charge < -0.3 is 5.32 Å². The first-order chi connectivity index (χ1) is 10.2. The molecule has 5 nitrogen and oxygen atoms in total. The van der Waals surface area contributed by atoms with Crippen molar-refractivity contribution in [2.45, 2.75) is 31.8 Å². The molecule has 21 heavy (non-hydrogen) atoms. The van der Waals surface area contributed by atoms with Gasteiger partial charge in [0.1, 0.15) is 5.54 Å². The molecule has 0 aliphatic carbocycles. The van der Waals surface area contributed by atoms with Crippen LogP contribution in [0.2, 0.25) is 0 Å². The number of hydrogen-bond acceptors (Lipinski definition) is 3. The van der Waals surface area contributed by atoms with Crippen molar-refractivity contribution in [3.63, 3.8) is 0 Å². The van der Waals surface area contributed by atoms with Crippen molar-refractivity contribution in [3.8, 4) is 0 Å². The maximum atomic E-state index is 12.3. The normalized spacial score (nSPS) is 27.3. The van der Waals surface area contributed by atoms with E-state index in [1.165, 1.54) is 5.56 Å². The van der Waals surface area contributed by atoms with Crippen LogP contribution in [0.25, 0.3) is 0 Å². The minimum atomic E-state index is -0.485. The average molecular weight is 286 g/mol. The molecule has 1 unspecified atom stereocenters. The number of nitrogens with zero attached hydrogens (tertiary/aromatic N) is 2. The van der Waals surface area contributed by atoms with Gasteiger partial charge in [-0.3, -0.25) is 20.0 Å². The van der Waals surface area contributed by atoms with Crippen molar-refractivity contribution < 1.29 is 4.79 Å². The number of rotatable bonds is 4. The van der Waals surface area contributed by atoms with Crippen LogP contribution >= 0.6 is 0 Å². The van der Waals surface area contributed by atoms with E-state index in [1.54, 1.807) is 0 Å². The molecule has 2 heterocycles. The molecule has 2 fully saturated rings. The fourth-order valence-corrected chi connectivity index (χ4v) is 3.00. The highest BCUT2D eigenvalue weighted by molar-refractivity contribution is 6.09. The Labute approximate surface area is 125 Å². The molecule has 0 radical (unpaired) electrons. The van der Waals surface area contributed by atoms with Crippen LogP contribution in [0.5, 0.6) is 0 Å². The second-order valence-electron chi connectivity index (χ2n) is 5.84. The van der Waals surface area contributed by atoms with Crippen LogP contribution in [0, 0.1) is 0 Å². The molecule has 2 N–H and O–H groups in total. The summed E-state index contributed by atoms with van der Waals surface area (Å²) in [5, 5.41) is 6.19. The van der Waals surface area contributed by atoms with E-state index in [0.29, 0.717) is 5.96 Å². The molecule has 5 heteroatoms. The van der Waals surface area contributed by atoms with E-state index in [0.717, 1.165) is 39.0 Å². The van der Waals surface area contributed by atoms with E-state index in [1.807, 2.05) is 6.07 Å². The number of aliphatic imine (C=N–C) groups is 1. The van der Waals surface area contributed by atoms with Crippen LogP contribution < -0.4 is 10.6 Å². The molecule has 2 saturated heterocycles. The molecule has 1 aromatic carbocycles. The first-order valence-electron chi connectivity index (χ1n) is 7.62. The summed E-state index contributed by atoms with van der Waals surface area (Å²) < 4.78 is 0. The fraction of sp³-hybridized carbons (Fsp3) is 0.500. The van der Waals surface area contributed by atoms with Crippen molar-refractivity contribution in [2.75, 3.05) is 19.6 Å². The molecule has 1 aromatic rings. The SMILES string of the molecule is CCCN=C1NC(=O)C2(CCN(Cc3ccccc3)C2)N1. The summed E-state index contributed by atoms with van der Waals surface area (Å²) in [4.78, 5) is 19.0. The number of nitrogens with one attached hydrogen (secondary N) is 2. The van der Waals surface area contributed by atoms with E-state index >= 15 is 0 Å². The third-order valence-electron chi connectivity index (χ3n) is 4.12. The van der Waals surface area contributed by atoms with Gasteiger partial charge in [-0.2, -0.15) is 0 Å².